The third kappa shape index (κ3) is 4.09. The maximum Gasteiger partial charge on any atom is 0.128 e. The van der Waals surface area contributed by atoms with Crippen molar-refractivity contribution in [1.29, 1.82) is 0 Å². The molecule has 0 unspecified atom stereocenters. The third-order valence-corrected chi connectivity index (χ3v) is 3.69. The summed E-state index contributed by atoms with van der Waals surface area (Å²) in [5.74, 6) is 1.67. The van der Waals surface area contributed by atoms with Gasteiger partial charge in [-0.05, 0) is 36.9 Å². The Morgan fingerprint density at radius 2 is 1.64 bits per heavy atom. The zero-order valence-electron chi connectivity index (χ0n) is 12.9. The minimum absolute atomic E-state index is 0.827. The number of benzene rings is 2. The molecular formula is C18H21N3O. The largest absolute Gasteiger partial charge is 0.457 e. The topological polar surface area (TPSA) is 28.1 Å². The molecular weight excluding hydrogens is 274 g/mol. The Hall–Kier alpha value is -2.33. The molecule has 114 valence electrons. The second kappa shape index (κ2) is 7.09. The lowest BCUT2D eigenvalue weighted by molar-refractivity contribution is 0.159. The van der Waals surface area contributed by atoms with Gasteiger partial charge in [0.05, 0.1) is 6.21 Å². The van der Waals surface area contributed by atoms with Crippen molar-refractivity contribution in [3.8, 4) is 11.5 Å². The van der Waals surface area contributed by atoms with Crippen molar-refractivity contribution >= 4 is 6.21 Å². The fourth-order valence-electron chi connectivity index (χ4n) is 2.34. The molecule has 0 atom stereocenters. The molecule has 0 radical (unpaired) electrons. The van der Waals surface area contributed by atoms with E-state index in [0.29, 0.717) is 0 Å². The highest BCUT2D eigenvalue weighted by Gasteiger charge is 2.10. The first-order valence-electron chi connectivity index (χ1n) is 7.60. The molecule has 0 aromatic heterocycles. The molecule has 0 amide bonds. The van der Waals surface area contributed by atoms with Crippen LogP contribution >= 0.6 is 0 Å². The molecule has 3 rings (SSSR count). The number of hydrogen-bond acceptors (Lipinski definition) is 4. The van der Waals surface area contributed by atoms with Gasteiger partial charge in [-0.1, -0.05) is 30.3 Å². The quantitative estimate of drug-likeness (QED) is 0.812. The second-order valence-electron chi connectivity index (χ2n) is 5.49. The predicted molar refractivity (Wildman–Crippen MR) is 89.6 cm³/mol. The Balaban J connectivity index is 1.64. The van der Waals surface area contributed by atoms with Gasteiger partial charge in [-0.25, -0.2) is 0 Å². The molecule has 22 heavy (non-hydrogen) atoms. The van der Waals surface area contributed by atoms with Crippen molar-refractivity contribution in [3.05, 3.63) is 60.2 Å². The van der Waals surface area contributed by atoms with Gasteiger partial charge in [-0.3, -0.25) is 5.01 Å². The van der Waals surface area contributed by atoms with Crippen LogP contribution in [0.4, 0.5) is 0 Å². The maximum absolute atomic E-state index is 5.84. The number of hydrazone groups is 1. The molecule has 1 aliphatic rings. The Bertz CT molecular complexity index is 619. The Labute approximate surface area is 131 Å². The van der Waals surface area contributed by atoms with Crippen LogP contribution in [-0.2, 0) is 0 Å². The van der Waals surface area contributed by atoms with Gasteiger partial charge in [0.25, 0.3) is 0 Å². The molecule has 1 heterocycles. The molecule has 1 aliphatic heterocycles. The van der Waals surface area contributed by atoms with Gasteiger partial charge >= 0.3 is 0 Å². The van der Waals surface area contributed by atoms with Crippen LogP contribution < -0.4 is 4.74 Å². The number of nitrogens with zero attached hydrogens (tertiary/aromatic N) is 3. The van der Waals surface area contributed by atoms with Crippen LogP contribution in [0.15, 0.2) is 59.7 Å². The molecule has 2 aromatic rings. The van der Waals surface area contributed by atoms with Crippen LogP contribution in [0.25, 0.3) is 0 Å². The lowest BCUT2D eigenvalue weighted by Crippen LogP contribution is -2.41. The average Bonchev–Trinajstić information content (AvgIpc) is 2.56. The first-order valence-corrected chi connectivity index (χ1v) is 7.60. The highest BCUT2D eigenvalue weighted by atomic mass is 16.5. The Morgan fingerprint density at radius 3 is 2.41 bits per heavy atom. The zero-order chi connectivity index (χ0) is 15.2. The minimum Gasteiger partial charge on any atom is -0.457 e. The average molecular weight is 295 g/mol. The standard InChI is InChI=1S/C18H21N3O/c1-20-10-12-21(13-11-20)19-15-16-6-5-9-18(14-16)22-17-7-3-2-4-8-17/h2-9,14-15H,10-13H2,1H3/b19-15-. The molecule has 1 saturated heterocycles. The van der Waals surface area contributed by atoms with Crippen molar-refractivity contribution in [3.63, 3.8) is 0 Å². The molecule has 4 nitrogen and oxygen atoms in total. The van der Waals surface area contributed by atoms with Crippen LogP contribution in [0.1, 0.15) is 5.56 Å². The summed E-state index contributed by atoms with van der Waals surface area (Å²) in [7, 11) is 2.14. The summed E-state index contributed by atoms with van der Waals surface area (Å²) in [5, 5.41) is 6.68. The molecule has 0 bridgehead atoms. The summed E-state index contributed by atoms with van der Waals surface area (Å²) >= 11 is 0. The van der Waals surface area contributed by atoms with Gasteiger partial charge in [0.15, 0.2) is 0 Å². The molecule has 1 fully saturated rings. The van der Waals surface area contributed by atoms with E-state index in [1.807, 2.05) is 60.8 Å². The number of piperazine rings is 1. The fraction of sp³-hybridized carbons (Fsp3) is 0.278. The number of ether oxygens (including phenoxy) is 1. The maximum atomic E-state index is 5.84. The van der Waals surface area contributed by atoms with Gasteiger partial charge in [0.1, 0.15) is 11.5 Å². The van der Waals surface area contributed by atoms with E-state index in [-0.39, 0.29) is 0 Å². The first-order chi connectivity index (χ1) is 10.8. The van der Waals surface area contributed by atoms with Crippen LogP contribution in [-0.4, -0.2) is 49.4 Å². The molecule has 0 spiro atoms. The normalized spacial score (nSPS) is 16.1. The highest BCUT2D eigenvalue weighted by molar-refractivity contribution is 5.80. The number of hydrogen-bond donors (Lipinski definition) is 0. The van der Waals surface area contributed by atoms with E-state index in [2.05, 4.69) is 22.1 Å². The number of likely N-dealkylation sites (N-methyl/N-ethyl adjacent to an activating group) is 1. The van der Waals surface area contributed by atoms with Crippen molar-refractivity contribution in [1.82, 2.24) is 9.91 Å². The predicted octanol–water partition coefficient (Wildman–Crippen LogP) is 3.06. The smallest absolute Gasteiger partial charge is 0.128 e. The lowest BCUT2D eigenvalue weighted by atomic mass is 10.2. The summed E-state index contributed by atoms with van der Waals surface area (Å²) in [6.07, 6.45) is 1.91. The van der Waals surface area contributed by atoms with Gasteiger partial charge in [-0.2, -0.15) is 5.10 Å². The molecule has 4 heteroatoms. The summed E-state index contributed by atoms with van der Waals surface area (Å²) in [5.41, 5.74) is 1.05. The van der Waals surface area contributed by atoms with Crippen molar-refractivity contribution in [2.24, 2.45) is 5.10 Å². The van der Waals surface area contributed by atoms with Crippen LogP contribution in [0, 0.1) is 0 Å². The Kier molecular flexibility index (Phi) is 4.71. The van der Waals surface area contributed by atoms with Crippen molar-refractivity contribution in [2.45, 2.75) is 0 Å². The summed E-state index contributed by atoms with van der Waals surface area (Å²) in [6, 6.07) is 17.8. The summed E-state index contributed by atoms with van der Waals surface area (Å²) in [4.78, 5) is 2.32. The van der Waals surface area contributed by atoms with E-state index < -0.39 is 0 Å². The van der Waals surface area contributed by atoms with Gasteiger partial charge in [-0.15, -0.1) is 0 Å². The summed E-state index contributed by atoms with van der Waals surface area (Å²) < 4.78 is 5.84. The SMILES string of the molecule is CN1CCN(/N=C\c2cccc(Oc3ccccc3)c2)CC1. The summed E-state index contributed by atoms with van der Waals surface area (Å²) in [6.45, 7) is 4.09. The van der Waals surface area contributed by atoms with Gasteiger partial charge < -0.3 is 9.64 Å². The van der Waals surface area contributed by atoms with E-state index in [4.69, 9.17) is 4.74 Å². The van der Waals surface area contributed by atoms with Crippen molar-refractivity contribution < 1.29 is 4.74 Å². The zero-order valence-corrected chi connectivity index (χ0v) is 12.9. The van der Waals surface area contributed by atoms with E-state index in [1.165, 1.54) is 0 Å². The van der Waals surface area contributed by atoms with E-state index in [1.54, 1.807) is 0 Å². The van der Waals surface area contributed by atoms with Crippen LogP contribution in [0.2, 0.25) is 0 Å². The number of rotatable bonds is 4. The van der Waals surface area contributed by atoms with Crippen LogP contribution in [0.5, 0.6) is 11.5 Å². The fourth-order valence-corrected chi connectivity index (χ4v) is 2.34. The Morgan fingerprint density at radius 1 is 0.909 bits per heavy atom. The van der Waals surface area contributed by atoms with E-state index in [9.17, 15) is 0 Å². The molecule has 2 aromatic carbocycles. The second-order valence-corrected chi connectivity index (χ2v) is 5.49. The molecule has 0 aliphatic carbocycles. The molecule has 0 N–H and O–H groups in total. The minimum atomic E-state index is 0.827. The lowest BCUT2D eigenvalue weighted by Gasteiger charge is -2.30. The van der Waals surface area contributed by atoms with Gasteiger partial charge in [0, 0.05) is 26.2 Å². The first kappa shape index (κ1) is 14.6. The monoisotopic (exact) mass is 295 g/mol. The third-order valence-electron chi connectivity index (χ3n) is 3.69. The van der Waals surface area contributed by atoms with E-state index >= 15 is 0 Å². The van der Waals surface area contributed by atoms with E-state index in [0.717, 1.165) is 43.2 Å². The molecule has 0 saturated carbocycles. The van der Waals surface area contributed by atoms with Gasteiger partial charge in [0.2, 0.25) is 0 Å². The number of para-hydroxylation sites is 1. The van der Waals surface area contributed by atoms with Crippen LogP contribution in [0.3, 0.4) is 0 Å². The highest BCUT2D eigenvalue weighted by Crippen LogP contribution is 2.21. The van der Waals surface area contributed by atoms with Crippen molar-refractivity contribution in [2.75, 3.05) is 33.2 Å².